The Morgan fingerprint density at radius 3 is 2.81 bits per heavy atom. The van der Waals surface area contributed by atoms with Crippen LogP contribution in [0, 0.1) is 6.92 Å². The Balaban J connectivity index is 1.66. The highest BCUT2D eigenvalue weighted by atomic mass is 35.5. The number of amides is 1. The van der Waals surface area contributed by atoms with Crippen LogP contribution < -0.4 is 10.1 Å². The molecule has 0 aromatic heterocycles. The molecule has 2 aromatic rings. The number of nitrogens with one attached hydrogen (secondary N) is 1. The normalized spacial score (nSPS) is 20.6. The number of likely N-dealkylation sites (tertiary alicyclic amines) is 1. The van der Waals surface area contributed by atoms with E-state index in [1.807, 2.05) is 37.3 Å². The predicted octanol–water partition coefficient (Wildman–Crippen LogP) is 4.76. The Labute approximate surface area is 160 Å². The molecule has 4 nitrogen and oxygen atoms in total. The molecule has 0 spiro atoms. The molecule has 5 heteroatoms. The second kappa shape index (κ2) is 8.11. The maximum Gasteiger partial charge on any atom is 0.257 e. The van der Waals surface area contributed by atoms with Crippen LogP contribution in [-0.2, 0) is 0 Å². The molecule has 2 aromatic carbocycles. The van der Waals surface area contributed by atoms with Crippen molar-refractivity contribution in [3.05, 3.63) is 58.6 Å². The highest BCUT2D eigenvalue weighted by Gasteiger charge is 2.24. The molecule has 1 N–H and O–H groups in total. The van der Waals surface area contributed by atoms with Crippen molar-refractivity contribution in [3.8, 4) is 5.75 Å². The van der Waals surface area contributed by atoms with Crippen LogP contribution in [0.4, 0.5) is 5.69 Å². The van der Waals surface area contributed by atoms with E-state index in [0.717, 1.165) is 30.7 Å². The van der Waals surface area contributed by atoms with Gasteiger partial charge in [-0.2, -0.15) is 0 Å². The SMILES string of the molecule is Cc1ccc(C(=O)Nc2cccc(O[C@H]3CCN(C)[C@@H](C)C3)c2)c(Cl)c1. The first-order valence-electron chi connectivity index (χ1n) is 8.97. The molecular formula is C21H25ClN2O2. The fourth-order valence-corrected chi connectivity index (χ4v) is 3.52. The number of carbonyl (C=O) groups excluding carboxylic acids is 1. The number of hydrogen-bond donors (Lipinski definition) is 1. The minimum absolute atomic E-state index is 0.207. The Kier molecular flexibility index (Phi) is 5.84. The van der Waals surface area contributed by atoms with Crippen molar-refractivity contribution in [2.24, 2.45) is 0 Å². The lowest BCUT2D eigenvalue weighted by atomic mass is 10.0. The maximum atomic E-state index is 12.5. The number of hydrogen-bond acceptors (Lipinski definition) is 3. The summed E-state index contributed by atoms with van der Waals surface area (Å²) in [5.41, 5.74) is 2.19. The third-order valence-corrected chi connectivity index (χ3v) is 5.24. The molecule has 2 atom stereocenters. The molecule has 1 fully saturated rings. The zero-order chi connectivity index (χ0) is 18.7. The van der Waals surface area contributed by atoms with Gasteiger partial charge in [-0.3, -0.25) is 4.79 Å². The van der Waals surface area contributed by atoms with Crippen LogP contribution in [0.2, 0.25) is 5.02 Å². The van der Waals surface area contributed by atoms with E-state index in [1.165, 1.54) is 0 Å². The van der Waals surface area contributed by atoms with Gasteiger partial charge in [-0.05, 0) is 63.6 Å². The van der Waals surface area contributed by atoms with Gasteiger partial charge in [0, 0.05) is 24.3 Å². The van der Waals surface area contributed by atoms with E-state index in [0.29, 0.717) is 22.3 Å². The lowest BCUT2D eigenvalue weighted by Crippen LogP contribution is -2.41. The first kappa shape index (κ1) is 18.7. The van der Waals surface area contributed by atoms with Gasteiger partial charge in [0.25, 0.3) is 5.91 Å². The van der Waals surface area contributed by atoms with Crippen LogP contribution in [0.5, 0.6) is 5.75 Å². The molecule has 0 saturated carbocycles. The Bertz CT molecular complexity index is 793. The van der Waals surface area contributed by atoms with Gasteiger partial charge in [0.2, 0.25) is 0 Å². The van der Waals surface area contributed by atoms with E-state index < -0.39 is 0 Å². The molecular weight excluding hydrogens is 348 g/mol. The van der Waals surface area contributed by atoms with Crippen molar-refractivity contribution >= 4 is 23.2 Å². The molecule has 0 bridgehead atoms. The molecule has 3 rings (SSSR count). The molecule has 26 heavy (non-hydrogen) atoms. The van der Waals surface area contributed by atoms with E-state index in [-0.39, 0.29) is 12.0 Å². The zero-order valence-electron chi connectivity index (χ0n) is 15.5. The highest BCUT2D eigenvalue weighted by Crippen LogP contribution is 2.25. The minimum Gasteiger partial charge on any atom is -0.490 e. The molecule has 0 radical (unpaired) electrons. The van der Waals surface area contributed by atoms with Crippen LogP contribution in [0.15, 0.2) is 42.5 Å². The summed E-state index contributed by atoms with van der Waals surface area (Å²) in [5.74, 6) is 0.555. The number of benzene rings is 2. The number of halogens is 1. The number of nitrogens with zero attached hydrogens (tertiary/aromatic N) is 1. The largest absolute Gasteiger partial charge is 0.490 e. The van der Waals surface area contributed by atoms with Crippen LogP contribution in [0.3, 0.4) is 0 Å². The molecule has 1 aliphatic heterocycles. The number of piperidine rings is 1. The maximum absolute atomic E-state index is 12.5. The van der Waals surface area contributed by atoms with Gasteiger partial charge in [0.1, 0.15) is 11.9 Å². The fourth-order valence-electron chi connectivity index (χ4n) is 3.20. The van der Waals surface area contributed by atoms with Crippen LogP contribution in [-0.4, -0.2) is 36.5 Å². The van der Waals surface area contributed by atoms with E-state index >= 15 is 0 Å². The fraction of sp³-hybridized carbons (Fsp3) is 0.381. The monoisotopic (exact) mass is 372 g/mol. The van der Waals surface area contributed by atoms with Crippen molar-refractivity contribution in [2.75, 3.05) is 18.9 Å². The van der Waals surface area contributed by atoms with Gasteiger partial charge in [-0.15, -0.1) is 0 Å². The lowest BCUT2D eigenvalue weighted by molar-refractivity contribution is 0.0791. The number of anilines is 1. The first-order chi connectivity index (χ1) is 12.4. The average molecular weight is 373 g/mol. The van der Waals surface area contributed by atoms with E-state index in [9.17, 15) is 4.79 Å². The second-order valence-corrected chi connectivity index (χ2v) is 7.47. The summed E-state index contributed by atoms with van der Waals surface area (Å²) in [7, 11) is 2.15. The number of ether oxygens (including phenoxy) is 1. The minimum atomic E-state index is -0.222. The number of aryl methyl sites for hydroxylation is 1. The quantitative estimate of drug-likeness (QED) is 0.841. The predicted molar refractivity (Wildman–Crippen MR) is 106 cm³/mol. The second-order valence-electron chi connectivity index (χ2n) is 7.06. The molecule has 1 heterocycles. The van der Waals surface area contributed by atoms with Crippen molar-refractivity contribution in [1.29, 1.82) is 0 Å². The van der Waals surface area contributed by atoms with E-state index in [1.54, 1.807) is 12.1 Å². The van der Waals surface area contributed by atoms with E-state index in [4.69, 9.17) is 16.3 Å². The third kappa shape index (κ3) is 4.57. The molecule has 1 aliphatic rings. The third-order valence-electron chi connectivity index (χ3n) is 4.92. The van der Waals surface area contributed by atoms with Crippen molar-refractivity contribution in [2.45, 2.75) is 38.8 Å². The summed E-state index contributed by atoms with van der Waals surface area (Å²) >= 11 is 6.19. The summed E-state index contributed by atoms with van der Waals surface area (Å²) in [4.78, 5) is 14.8. The van der Waals surface area contributed by atoms with Crippen LogP contribution >= 0.6 is 11.6 Å². The molecule has 138 valence electrons. The van der Waals surface area contributed by atoms with Crippen molar-refractivity contribution in [3.63, 3.8) is 0 Å². The Morgan fingerprint density at radius 1 is 1.27 bits per heavy atom. The first-order valence-corrected chi connectivity index (χ1v) is 9.34. The Hall–Kier alpha value is -2.04. The van der Waals surface area contributed by atoms with Gasteiger partial charge in [-0.25, -0.2) is 0 Å². The lowest BCUT2D eigenvalue weighted by Gasteiger charge is -2.35. The van der Waals surface area contributed by atoms with Gasteiger partial charge in [0.05, 0.1) is 10.6 Å². The zero-order valence-corrected chi connectivity index (χ0v) is 16.2. The van der Waals surface area contributed by atoms with Crippen LogP contribution in [0.25, 0.3) is 0 Å². The summed E-state index contributed by atoms with van der Waals surface area (Å²) in [6.45, 7) is 5.20. The smallest absolute Gasteiger partial charge is 0.257 e. The summed E-state index contributed by atoms with van der Waals surface area (Å²) in [5, 5.41) is 3.35. The summed E-state index contributed by atoms with van der Waals surface area (Å²) in [6, 6.07) is 13.5. The van der Waals surface area contributed by atoms with Crippen molar-refractivity contribution in [1.82, 2.24) is 4.90 Å². The molecule has 1 amide bonds. The highest BCUT2D eigenvalue weighted by molar-refractivity contribution is 6.34. The van der Waals surface area contributed by atoms with Gasteiger partial charge >= 0.3 is 0 Å². The van der Waals surface area contributed by atoms with E-state index in [2.05, 4.69) is 24.2 Å². The Morgan fingerprint density at radius 2 is 2.08 bits per heavy atom. The average Bonchev–Trinajstić information content (AvgIpc) is 2.58. The molecule has 0 unspecified atom stereocenters. The topological polar surface area (TPSA) is 41.6 Å². The number of carbonyl (C=O) groups is 1. The number of rotatable bonds is 4. The molecule has 1 saturated heterocycles. The summed E-state index contributed by atoms with van der Waals surface area (Å²) in [6.07, 6.45) is 2.22. The van der Waals surface area contributed by atoms with Gasteiger partial charge < -0.3 is 15.0 Å². The standard InChI is InChI=1S/C21H25ClN2O2/c1-14-7-8-19(20(22)11-14)21(25)23-16-5-4-6-17(13-16)26-18-9-10-24(3)15(2)12-18/h4-8,11,13,15,18H,9-10,12H2,1-3H3,(H,23,25)/t15-,18-/m0/s1. The van der Waals surface area contributed by atoms with Gasteiger partial charge in [-0.1, -0.05) is 23.7 Å². The molecule has 0 aliphatic carbocycles. The van der Waals surface area contributed by atoms with Gasteiger partial charge in [0.15, 0.2) is 0 Å². The van der Waals surface area contributed by atoms with Crippen molar-refractivity contribution < 1.29 is 9.53 Å². The summed E-state index contributed by atoms with van der Waals surface area (Å²) < 4.78 is 6.14. The van der Waals surface area contributed by atoms with Crippen LogP contribution in [0.1, 0.15) is 35.7 Å².